The molecule has 0 saturated heterocycles. The summed E-state index contributed by atoms with van der Waals surface area (Å²) in [5.74, 6) is -1.65. The van der Waals surface area contributed by atoms with Crippen LogP contribution in [0, 0.1) is 10.1 Å². The molecule has 2 aromatic rings. The SMILES string of the molecule is O=C(O)c1ccc(C(=O)Nc2ccccc2[N+](=O)[O-])cc1. The molecular formula is C14H10N2O5. The summed E-state index contributed by atoms with van der Waals surface area (Å²) in [6.45, 7) is 0. The Morgan fingerprint density at radius 3 is 2.14 bits per heavy atom. The fraction of sp³-hybridized carbons (Fsp3) is 0. The number of nitrogens with one attached hydrogen (secondary N) is 1. The number of carboxylic acids is 1. The van der Waals surface area contributed by atoms with Gasteiger partial charge in [0.15, 0.2) is 0 Å². The normalized spacial score (nSPS) is 9.90. The van der Waals surface area contributed by atoms with Gasteiger partial charge in [0, 0.05) is 11.6 Å². The number of amides is 1. The summed E-state index contributed by atoms with van der Waals surface area (Å²) in [6, 6.07) is 11.0. The van der Waals surface area contributed by atoms with Crippen molar-refractivity contribution in [2.24, 2.45) is 0 Å². The minimum atomic E-state index is -1.10. The van der Waals surface area contributed by atoms with Crippen LogP contribution in [0.5, 0.6) is 0 Å². The number of para-hydroxylation sites is 2. The Kier molecular flexibility index (Phi) is 3.94. The molecule has 0 spiro atoms. The lowest BCUT2D eigenvalue weighted by Gasteiger charge is -2.06. The van der Waals surface area contributed by atoms with E-state index in [9.17, 15) is 19.7 Å². The van der Waals surface area contributed by atoms with E-state index in [-0.39, 0.29) is 22.5 Å². The van der Waals surface area contributed by atoms with Gasteiger partial charge in [0.1, 0.15) is 5.69 Å². The highest BCUT2D eigenvalue weighted by Crippen LogP contribution is 2.23. The molecule has 0 aliphatic rings. The number of hydrogen-bond donors (Lipinski definition) is 2. The summed E-state index contributed by atoms with van der Waals surface area (Å²) in [6.07, 6.45) is 0. The van der Waals surface area contributed by atoms with Gasteiger partial charge in [-0.25, -0.2) is 4.79 Å². The van der Waals surface area contributed by atoms with Crippen LogP contribution in [0.15, 0.2) is 48.5 Å². The van der Waals surface area contributed by atoms with Crippen LogP contribution in [-0.4, -0.2) is 21.9 Å². The summed E-state index contributed by atoms with van der Waals surface area (Å²) in [5.41, 5.74) is 0.123. The number of nitro benzene ring substituents is 1. The van der Waals surface area contributed by atoms with E-state index in [0.717, 1.165) is 0 Å². The zero-order valence-corrected chi connectivity index (χ0v) is 10.6. The topological polar surface area (TPSA) is 110 Å². The number of carboxylic acid groups (broad SMARTS) is 1. The highest BCUT2D eigenvalue weighted by Gasteiger charge is 2.15. The predicted octanol–water partition coefficient (Wildman–Crippen LogP) is 2.55. The largest absolute Gasteiger partial charge is 0.478 e. The number of benzene rings is 2. The highest BCUT2D eigenvalue weighted by atomic mass is 16.6. The second-order valence-electron chi connectivity index (χ2n) is 4.11. The Morgan fingerprint density at radius 1 is 1.00 bits per heavy atom. The second-order valence-corrected chi connectivity index (χ2v) is 4.11. The molecule has 0 heterocycles. The maximum Gasteiger partial charge on any atom is 0.335 e. The lowest BCUT2D eigenvalue weighted by atomic mass is 10.1. The van der Waals surface area contributed by atoms with E-state index in [1.165, 1.54) is 42.5 Å². The molecule has 0 bridgehead atoms. The molecule has 1 amide bonds. The molecule has 0 fully saturated rings. The number of nitrogens with zero attached hydrogens (tertiary/aromatic N) is 1. The lowest BCUT2D eigenvalue weighted by Crippen LogP contribution is -2.13. The van der Waals surface area contributed by atoms with Crippen molar-refractivity contribution >= 4 is 23.3 Å². The molecule has 0 aromatic heterocycles. The zero-order valence-electron chi connectivity index (χ0n) is 10.6. The molecule has 0 aliphatic heterocycles. The zero-order chi connectivity index (χ0) is 15.4. The molecule has 0 saturated carbocycles. The maximum absolute atomic E-state index is 12.0. The van der Waals surface area contributed by atoms with Crippen LogP contribution in [0.4, 0.5) is 11.4 Å². The standard InChI is InChI=1S/C14H10N2O5/c17-13(9-5-7-10(8-6-9)14(18)19)15-11-3-1-2-4-12(11)16(20)21/h1-8H,(H,15,17)(H,18,19). The molecule has 2 rings (SSSR count). The van der Waals surface area contributed by atoms with Crippen molar-refractivity contribution in [3.63, 3.8) is 0 Å². The monoisotopic (exact) mass is 286 g/mol. The van der Waals surface area contributed by atoms with Crippen LogP contribution in [0.1, 0.15) is 20.7 Å². The van der Waals surface area contributed by atoms with Gasteiger partial charge in [-0.2, -0.15) is 0 Å². The van der Waals surface area contributed by atoms with Crippen molar-refractivity contribution in [1.82, 2.24) is 0 Å². The number of carbonyl (C=O) groups is 2. The number of anilines is 1. The molecular weight excluding hydrogens is 276 g/mol. The molecule has 106 valence electrons. The molecule has 7 heteroatoms. The summed E-state index contributed by atoms with van der Waals surface area (Å²) in [5, 5.41) is 22.0. The van der Waals surface area contributed by atoms with Crippen molar-refractivity contribution in [3.05, 3.63) is 69.8 Å². The van der Waals surface area contributed by atoms with Gasteiger partial charge < -0.3 is 10.4 Å². The number of nitro groups is 1. The molecule has 2 N–H and O–H groups in total. The van der Waals surface area contributed by atoms with E-state index in [1.54, 1.807) is 6.07 Å². The molecule has 0 aliphatic carbocycles. The fourth-order valence-electron chi connectivity index (χ4n) is 1.70. The maximum atomic E-state index is 12.0. The van der Waals surface area contributed by atoms with E-state index in [1.807, 2.05) is 0 Å². The Morgan fingerprint density at radius 2 is 1.57 bits per heavy atom. The van der Waals surface area contributed by atoms with Gasteiger partial charge in [-0.05, 0) is 30.3 Å². The smallest absolute Gasteiger partial charge is 0.335 e. The van der Waals surface area contributed by atoms with Gasteiger partial charge in [0.2, 0.25) is 0 Å². The van der Waals surface area contributed by atoms with E-state index in [2.05, 4.69) is 5.32 Å². The Hall–Kier alpha value is -3.22. The van der Waals surface area contributed by atoms with Gasteiger partial charge in [-0.15, -0.1) is 0 Å². The number of aromatic carboxylic acids is 1. The minimum Gasteiger partial charge on any atom is -0.478 e. The third-order valence-corrected chi connectivity index (χ3v) is 2.74. The van der Waals surface area contributed by atoms with Crippen LogP contribution in [0.2, 0.25) is 0 Å². The van der Waals surface area contributed by atoms with Gasteiger partial charge in [0.25, 0.3) is 11.6 Å². The second kappa shape index (κ2) is 5.83. The molecule has 7 nitrogen and oxygen atoms in total. The number of rotatable bonds is 4. The number of hydrogen-bond acceptors (Lipinski definition) is 4. The summed E-state index contributed by atoms with van der Waals surface area (Å²) < 4.78 is 0. The lowest BCUT2D eigenvalue weighted by molar-refractivity contribution is -0.383. The van der Waals surface area contributed by atoms with E-state index < -0.39 is 16.8 Å². The van der Waals surface area contributed by atoms with Crippen LogP contribution < -0.4 is 5.32 Å². The van der Waals surface area contributed by atoms with Gasteiger partial charge in [-0.1, -0.05) is 12.1 Å². The Labute approximate surface area is 119 Å². The van der Waals surface area contributed by atoms with Crippen LogP contribution in [-0.2, 0) is 0 Å². The fourth-order valence-corrected chi connectivity index (χ4v) is 1.70. The molecule has 2 aromatic carbocycles. The van der Waals surface area contributed by atoms with E-state index in [4.69, 9.17) is 5.11 Å². The first kappa shape index (κ1) is 14.2. The predicted molar refractivity (Wildman–Crippen MR) is 74.5 cm³/mol. The Balaban J connectivity index is 2.22. The summed E-state index contributed by atoms with van der Waals surface area (Å²) in [4.78, 5) is 33.0. The third kappa shape index (κ3) is 3.21. The molecule has 21 heavy (non-hydrogen) atoms. The number of carbonyl (C=O) groups excluding carboxylic acids is 1. The van der Waals surface area contributed by atoms with Gasteiger partial charge in [-0.3, -0.25) is 14.9 Å². The average molecular weight is 286 g/mol. The van der Waals surface area contributed by atoms with Crippen LogP contribution in [0.25, 0.3) is 0 Å². The van der Waals surface area contributed by atoms with Crippen molar-refractivity contribution in [1.29, 1.82) is 0 Å². The quantitative estimate of drug-likeness (QED) is 0.663. The van der Waals surface area contributed by atoms with Crippen molar-refractivity contribution < 1.29 is 19.6 Å². The Bertz CT molecular complexity index is 710. The first-order valence-electron chi connectivity index (χ1n) is 5.87. The van der Waals surface area contributed by atoms with Gasteiger partial charge in [0.05, 0.1) is 10.5 Å². The van der Waals surface area contributed by atoms with Crippen molar-refractivity contribution in [2.45, 2.75) is 0 Å². The first-order valence-corrected chi connectivity index (χ1v) is 5.87. The van der Waals surface area contributed by atoms with Crippen molar-refractivity contribution in [2.75, 3.05) is 5.32 Å². The highest BCUT2D eigenvalue weighted by molar-refractivity contribution is 6.05. The minimum absolute atomic E-state index is 0.0530. The third-order valence-electron chi connectivity index (χ3n) is 2.74. The summed E-state index contributed by atoms with van der Waals surface area (Å²) >= 11 is 0. The first-order chi connectivity index (χ1) is 9.99. The summed E-state index contributed by atoms with van der Waals surface area (Å²) in [7, 11) is 0. The van der Waals surface area contributed by atoms with Gasteiger partial charge >= 0.3 is 5.97 Å². The van der Waals surface area contributed by atoms with E-state index in [0.29, 0.717) is 0 Å². The van der Waals surface area contributed by atoms with Crippen LogP contribution in [0.3, 0.4) is 0 Å². The van der Waals surface area contributed by atoms with Crippen molar-refractivity contribution in [3.8, 4) is 0 Å². The molecule has 0 radical (unpaired) electrons. The average Bonchev–Trinajstić information content (AvgIpc) is 2.47. The van der Waals surface area contributed by atoms with Crippen LogP contribution >= 0.6 is 0 Å². The molecule has 0 unspecified atom stereocenters. The van der Waals surface area contributed by atoms with E-state index >= 15 is 0 Å². The molecule has 0 atom stereocenters.